The van der Waals surface area contributed by atoms with Crippen molar-refractivity contribution in [1.29, 1.82) is 0 Å². The molecule has 1 atom stereocenters. The summed E-state index contributed by atoms with van der Waals surface area (Å²) in [5.74, 6) is -1.62. The van der Waals surface area contributed by atoms with Crippen molar-refractivity contribution in [2.24, 2.45) is 17.6 Å². The number of rotatable bonds is 6. The van der Waals surface area contributed by atoms with Crippen molar-refractivity contribution < 1.29 is 24.0 Å². The molecule has 158 valence electrons. The average Bonchev–Trinajstić information content (AvgIpc) is 2.65. The lowest BCUT2D eigenvalue weighted by Gasteiger charge is -2.31. The Balaban J connectivity index is 2.24. The molecular weight excluding hydrogens is 380 g/mol. The number of imide groups is 1. The second-order valence-electron chi connectivity index (χ2n) is 7.55. The zero-order valence-corrected chi connectivity index (χ0v) is 16.7. The van der Waals surface area contributed by atoms with E-state index in [1.165, 1.54) is 12.1 Å². The molecule has 1 fully saturated rings. The molecule has 1 aromatic rings. The molecule has 0 spiro atoms. The Bertz CT molecular complexity index is 802. The number of esters is 1. The van der Waals surface area contributed by atoms with Crippen molar-refractivity contribution in [1.82, 2.24) is 5.32 Å². The Morgan fingerprint density at radius 2 is 1.90 bits per heavy atom. The van der Waals surface area contributed by atoms with Crippen molar-refractivity contribution in [2.75, 3.05) is 18.0 Å². The van der Waals surface area contributed by atoms with E-state index in [9.17, 15) is 24.5 Å². The molecule has 0 aliphatic carbocycles. The zero-order chi connectivity index (χ0) is 21.7. The highest BCUT2D eigenvalue weighted by molar-refractivity contribution is 5.98. The van der Waals surface area contributed by atoms with Gasteiger partial charge in [-0.2, -0.15) is 0 Å². The normalized spacial score (nSPS) is 15.7. The number of anilines is 1. The van der Waals surface area contributed by atoms with Gasteiger partial charge in [0.15, 0.2) is 6.10 Å². The van der Waals surface area contributed by atoms with E-state index in [1.807, 2.05) is 10.2 Å². The molecule has 1 aromatic carbocycles. The lowest BCUT2D eigenvalue weighted by molar-refractivity contribution is -0.384. The monoisotopic (exact) mass is 406 g/mol. The number of ether oxygens (including phenoxy) is 1. The first-order valence-electron chi connectivity index (χ1n) is 9.44. The summed E-state index contributed by atoms with van der Waals surface area (Å²) < 4.78 is 5.20. The van der Waals surface area contributed by atoms with Gasteiger partial charge in [0.05, 0.1) is 10.5 Å². The van der Waals surface area contributed by atoms with Gasteiger partial charge in [0.25, 0.3) is 11.6 Å². The number of benzene rings is 1. The van der Waals surface area contributed by atoms with Crippen LogP contribution in [0.5, 0.6) is 0 Å². The number of carbonyl (C=O) groups excluding carboxylic acids is 3. The number of hydrogen-bond donors (Lipinski definition) is 2. The van der Waals surface area contributed by atoms with E-state index >= 15 is 0 Å². The number of primary amides is 1. The van der Waals surface area contributed by atoms with E-state index in [2.05, 4.69) is 6.92 Å². The van der Waals surface area contributed by atoms with Crippen LogP contribution in [-0.4, -0.2) is 42.0 Å². The largest absolute Gasteiger partial charge is 0.448 e. The third-order valence-corrected chi connectivity index (χ3v) is 4.88. The molecular formula is C19H26N4O6. The number of nitro benzene ring substituents is 1. The second-order valence-corrected chi connectivity index (χ2v) is 7.55. The van der Waals surface area contributed by atoms with Crippen LogP contribution in [0.25, 0.3) is 0 Å². The molecule has 1 unspecified atom stereocenters. The Hall–Kier alpha value is -3.17. The van der Waals surface area contributed by atoms with Crippen LogP contribution in [0.1, 0.15) is 44.0 Å². The lowest BCUT2D eigenvalue weighted by Crippen LogP contribution is -2.45. The summed E-state index contributed by atoms with van der Waals surface area (Å²) >= 11 is 0. The Kier molecular flexibility index (Phi) is 7.13. The van der Waals surface area contributed by atoms with Crippen LogP contribution in [0, 0.1) is 22.0 Å². The maximum Gasteiger partial charge on any atom is 0.339 e. The van der Waals surface area contributed by atoms with Gasteiger partial charge in [-0.1, -0.05) is 20.8 Å². The minimum absolute atomic E-state index is 0.0525. The summed E-state index contributed by atoms with van der Waals surface area (Å²) in [5.41, 5.74) is 5.13. The predicted molar refractivity (Wildman–Crippen MR) is 105 cm³/mol. The van der Waals surface area contributed by atoms with E-state index in [-0.39, 0.29) is 11.3 Å². The van der Waals surface area contributed by atoms with Gasteiger partial charge < -0.3 is 15.4 Å². The lowest BCUT2D eigenvalue weighted by atomic mass is 9.98. The summed E-state index contributed by atoms with van der Waals surface area (Å²) in [6.45, 7) is 6.80. The minimum Gasteiger partial charge on any atom is -0.448 e. The van der Waals surface area contributed by atoms with Gasteiger partial charge in [-0.25, -0.2) is 9.59 Å². The number of nitrogens with zero attached hydrogens (tertiary/aromatic N) is 2. The van der Waals surface area contributed by atoms with Crippen LogP contribution in [0.2, 0.25) is 0 Å². The average molecular weight is 406 g/mol. The van der Waals surface area contributed by atoms with Crippen LogP contribution in [0.4, 0.5) is 16.2 Å². The summed E-state index contributed by atoms with van der Waals surface area (Å²) in [7, 11) is 0. The first-order valence-corrected chi connectivity index (χ1v) is 9.44. The molecule has 1 heterocycles. The number of nitro groups is 1. The third-order valence-electron chi connectivity index (χ3n) is 4.88. The fourth-order valence-electron chi connectivity index (χ4n) is 3.18. The number of urea groups is 1. The molecule has 0 bridgehead atoms. The molecule has 2 rings (SSSR count). The molecule has 29 heavy (non-hydrogen) atoms. The highest BCUT2D eigenvalue weighted by Crippen LogP contribution is 2.32. The van der Waals surface area contributed by atoms with Crippen LogP contribution >= 0.6 is 0 Å². The van der Waals surface area contributed by atoms with Crippen LogP contribution in [0.3, 0.4) is 0 Å². The molecule has 0 aromatic heterocycles. The molecule has 1 saturated heterocycles. The minimum atomic E-state index is -1.27. The second kappa shape index (κ2) is 9.35. The van der Waals surface area contributed by atoms with E-state index in [1.54, 1.807) is 13.8 Å². The smallest absolute Gasteiger partial charge is 0.339 e. The van der Waals surface area contributed by atoms with Crippen molar-refractivity contribution >= 4 is 29.3 Å². The third kappa shape index (κ3) is 5.66. The van der Waals surface area contributed by atoms with E-state index in [0.29, 0.717) is 24.7 Å². The summed E-state index contributed by atoms with van der Waals surface area (Å²) in [6.07, 6.45) is 0.607. The molecule has 1 aliphatic rings. The van der Waals surface area contributed by atoms with Gasteiger partial charge in [0.1, 0.15) is 5.69 Å². The van der Waals surface area contributed by atoms with Gasteiger partial charge >= 0.3 is 12.0 Å². The summed E-state index contributed by atoms with van der Waals surface area (Å²) in [6, 6.07) is 3.05. The molecule has 3 amide bonds. The van der Waals surface area contributed by atoms with Crippen LogP contribution < -0.4 is 16.0 Å². The standard InChI is InChI=1S/C19H26N4O6/c1-11(2)16(17(24)21-19(20)26)29-18(25)13-4-5-14(15(10-13)23(27)28)22-8-6-12(3)7-9-22/h4-5,10-12,16H,6-9H2,1-3H3,(H3,20,21,24,26). The number of nitrogens with two attached hydrogens (primary N) is 1. The predicted octanol–water partition coefficient (Wildman–Crippen LogP) is 2.21. The van der Waals surface area contributed by atoms with Gasteiger partial charge in [-0.15, -0.1) is 0 Å². The fraction of sp³-hybridized carbons (Fsp3) is 0.526. The summed E-state index contributed by atoms with van der Waals surface area (Å²) in [5, 5.41) is 13.4. The Morgan fingerprint density at radius 3 is 2.41 bits per heavy atom. The maximum atomic E-state index is 12.5. The Labute approximate surface area is 168 Å². The molecule has 10 nitrogen and oxygen atoms in total. The van der Waals surface area contributed by atoms with Gasteiger partial charge in [-0.3, -0.25) is 20.2 Å². The molecule has 3 N–H and O–H groups in total. The number of hydrogen-bond acceptors (Lipinski definition) is 7. The van der Waals surface area contributed by atoms with E-state index < -0.39 is 34.9 Å². The number of piperidine rings is 1. The van der Waals surface area contributed by atoms with Gasteiger partial charge in [-0.05, 0) is 36.8 Å². The van der Waals surface area contributed by atoms with Crippen molar-refractivity contribution in [3.63, 3.8) is 0 Å². The topological polar surface area (TPSA) is 145 Å². The fourth-order valence-corrected chi connectivity index (χ4v) is 3.18. The summed E-state index contributed by atoms with van der Waals surface area (Å²) in [4.78, 5) is 48.4. The number of nitrogens with one attached hydrogen (secondary N) is 1. The molecule has 0 radical (unpaired) electrons. The molecule has 1 aliphatic heterocycles. The first kappa shape index (κ1) is 22.1. The van der Waals surface area contributed by atoms with Crippen LogP contribution in [-0.2, 0) is 9.53 Å². The van der Waals surface area contributed by atoms with Crippen LogP contribution in [0.15, 0.2) is 18.2 Å². The van der Waals surface area contributed by atoms with Crippen molar-refractivity contribution in [2.45, 2.75) is 39.7 Å². The first-order chi connectivity index (χ1) is 13.6. The maximum absolute atomic E-state index is 12.5. The van der Waals surface area contributed by atoms with Crippen molar-refractivity contribution in [3.05, 3.63) is 33.9 Å². The Morgan fingerprint density at radius 1 is 1.28 bits per heavy atom. The van der Waals surface area contributed by atoms with Gasteiger partial charge in [0.2, 0.25) is 0 Å². The van der Waals surface area contributed by atoms with Gasteiger partial charge in [0, 0.05) is 19.2 Å². The quantitative estimate of drug-likeness (QED) is 0.418. The molecule has 0 saturated carbocycles. The number of amides is 3. The SMILES string of the molecule is CC1CCN(c2ccc(C(=O)OC(C(=O)NC(N)=O)C(C)C)cc2[N+](=O)[O-])CC1. The highest BCUT2D eigenvalue weighted by Gasteiger charge is 2.30. The highest BCUT2D eigenvalue weighted by atomic mass is 16.6. The van der Waals surface area contributed by atoms with E-state index in [4.69, 9.17) is 10.5 Å². The van der Waals surface area contributed by atoms with Crippen molar-refractivity contribution in [3.8, 4) is 0 Å². The molecule has 10 heteroatoms. The zero-order valence-electron chi connectivity index (χ0n) is 16.7. The van der Waals surface area contributed by atoms with E-state index in [0.717, 1.165) is 18.9 Å². The number of carbonyl (C=O) groups is 3.